The lowest BCUT2D eigenvalue weighted by Crippen LogP contribution is -2.16. The van der Waals surface area contributed by atoms with Crippen molar-refractivity contribution in [3.8, 4) is 5.75 Å². The first kappa shape index (κ1) is 19.1. The summed E-state index contributed by atoms with van der Waals surface area (Å²) in [4.78, 5) is 12.0. The van der Waals surface area contributed by atoms with Gasteiger partial charge >= 0.3 is 0 Å². The number of rotatable bonds is 6. The van der Waals surface area contributed by atoms with Crippen LogP contribution in [0.3, 0.4) is 0 Å². The second-order valence-corrected chi connectivity index (χ2v) is 7.31. The molecule has 0 aliphatic carbocycles. The maximum absolute atomic E-state index is 12.0. The van der Waals surface area contributed by atoms with E-state index in [2.05, 4.69) is 43.5 Å². The second kappa shape index (κ2) is 8.26. The highest BCUT2D eigenvalue weighted by atomic mass is 35.5. The third-order valence-corrected chi connectivity index (χ3v) is 4.16. The molecule has 1 amide bonds. The lowest BCUT2D eigenvalue weighted by molar-refractivity contribution is -0.115. The molecule has 0 radical (unpaired) electrons. The van der Waals surface area contributed by atoms with Crippen LogP contribution in [0.4, 0.5) is 11.4 Å². The Morgan fingerprint density at radius 3 is 2.28 bits per heavy atom. The summed E-state index contributed by atoms with van der Waals surface area (Å²) in [5, 5.41) is 6.56. The summed E-state index contributed by atoms with van der Waals surface area (Å²) >= 11 is 6.05. The number of hydrogen-bond acceptors (Lipinski definition) is 3. The Morgan fingerprint density at radius 1 is 1.08 bits per heavy atom. The molecule has 0 aliphatic heterocycles. The summed E-state index contributed by atoms with van der Waals surface area (Å²) in [7, 11) is 1.55. The fraction of sp³-hybridized carbons (Fsp3) is 0.350. The van der Waals surface area contributed by atoms with Gasteiger partial charge in [0.1, 0.15) is 5.75 Å². The molecule has 0 unspecified atom stereocenters. The van der Waals surface area contributed by atoms with Crippen molar-refractivity contribution < 1.29 is 9.53 Å². The molecule has 0 aromatic heterocycles. The molecule has 0 spiro atoms. The van der Waals surface area contributed by atoms with Crippen molar-refractivity contribution >= 4 is 28.9 Å². The van der Waals surface area contributed by atoms with E-state index in [1.54, 1.807) is 25.3 Å². The monoisotopic (exact) mass is 360 g/mol. The highest BCUT2D eigenvalue weighted by Gasteiger charge is 2.12. The zero-order chi connectivity index (χ0) is 18.4. The van der Waals surface area contributed by atoms with Crippen molar-refractivity contribution in [1.29, 1.82) is 0 Å². The molecule has 2 rings (SSSR count). The van der Waals surface area contributed by atoms with E-state index in [1.165, 1.54) is 5.56 Å². The molecule has 0 bridgehead atoms. The van der Waals surface area contributed by atoms with Crippen molar-refractivity contribution in [2.24, 2.45) is 0 Å². The van der Waals surface area contributed by atoms with Gasteiger partial charge in [0, 0.05) is 24.3 Å². The van der Waals surface area contributed by atoms with Gasteiger partial charge in [0.2, 0.25) is 5.91 Å². The molecule has 25 heavy (non-hydrogen) atoms. The van der Waals surface area contributed by atoms with E-state index in [0.29, 0.717) is 29.4 Å². The fourth-order valence-corrected chi connectivity index (χ4v) is 2.63. The first-order valence-corrected chi connectivity index (χ1v) is 8.65. The van der Waals surface area contributed by atoms with Crippen molar-refractivity contribution in [3.05, 3.63) is 53.1 Å². The van der Waals surface area contributed by atoms with E-state index in [0.717, 1.165) is 5.69 Å². The minimum Gasteiger partial charge on any atom is -0.495 e. The largest absolute Gasteiger partial charge is 0.495 e. The van der Waals surface area contributed by atoms with E-state index < -0.39 is 0 Å². The van der Waals surface area contributed by atoms with Crippen LogP contribution in [0.25, 0.3) is 0 Å². The molecule has 0 fully saturated rings. The van der Waals surface area contributed by atoms with Gasteiger partial charge in [-0.3, -0.25) is 4.79 Å². The normalized spacial score (nSPS) is 11.1. The Labute approximate surface area is 154 Å². The van der Waals surface area contributed by atoms with Crippen LogP contribution in [0.2, 0.25) is 5.02 Å². The van der Waals surface area contributed by atoms with Gasteiger partial charge in [-0.25, -0.2) is 0 Å². The van der Waals surface area contributed by atoms with E-state index in [-0.39, 0.29) is 11.3 Å². The van der Waals surface area contributed by atoms with Gasteiger partial charge in [0.15, 0.2) is 0 Å². The molecule has 4 nitrogen and oxygen atoms in total. The SMILES string of the molecule is COc1ccc(NC(=O)CCNc2ccc(C(C)(C)C)cc2)cc1Cl. The standard InChI is InChI=1S/C20H25ClN2O2/c1-20(2,3)14-5-7-15(8-6-14)22-12-11-19(24)23-16-9-10-18(25-4)17(21)13-16/h5-10,13,22H,11-12H2,1-4H3,(H,23,24). The number of benzene rings is 2. The van der Waals surface area contributed by atoms with Crippen LogP contribution < -0.4 is 15.4 Å². The van der Waals surface area contributed by atoms with Crippen LogP contribution in [0, 0.1) is 0 Å². The molecule has 0 aliphatic rings. The number of methoxy groups -OCH3 is 1. The topological polar surface area (TPSA) is 50.4 Å². The number of halogens is 1. The van der Waals surface area contributed by atoms with Crippen LogP contribution >= 0.6 is 11.6 Å². The molecule has 0 heterocycles. The Kier molecular flexibility index (Phi) is 6.32. The summed E-state index contributed by atoms with van der Waals surface area (Å²) < 4.78 is 5.09. The molecule has 2 N–H and O–H groups in total. The Hall–Kier alpha value is -2.20. The minimum absolute atomic E-state index is 0.0694. The zero-order valence-electron chi connectivity index (χ0n) is 15.2. The van der Waals surface area contributed by atoms with Gasteiger partial charge in [-0.2, -0.15) is 0 Å². The second-order valence-electron chi connectivity index (χ2n) is 6.90. The van der Waals surface area contributed by atoms with Gasteiger partial charge < -0.3 is 15.4 Å². The van der Waals surface area contributed by atoms with Gasteiger partial charge in [-0.15, -0.1) is 0 Å². The van der Waals surface area contributed by atoms with Crippen LogP contribution in [-0.2, 0) is 10.2 Å². The number of nitrogens with one attached hydrogen (secondary N) is 2. The lowest BCUT2D eigenvalue weighted by atomic mass is 9.87. The van der Waals surface area contributed by atoms with Gasteiger partial charge in [-0.05, 0) is 41.3 Å². The highest BCUT2D eigenvalue weighted by Crippen LogP contribution is 2.27. The average molecular weight is 361 g/mol. The van der Waals surface area contributed by atoms with E-state index in [4.69, 9.17) is 16.3 Å². The smallest absolute Gasteiger partial charge is 0.226 e. The molecular weight excluding hydrogens is 336 g/mol. The minimum atomic E-state index is -0.0694. The number of carbonyl (C=O) groups excluding carboxylic acids is 1. The molecular formula is C20H25ClN2O2. The summed E-state index contributed by atoms with van der Waals surface area (Å²) in [5.74, 6) is 0.514. The Bertz CT molecular complexity index is 721. The van der Waals surface area contributed by atoms with Crippen molar-refractivity contribution in [1.82, 2.24) is 0 Å². The molecule has 0 atom stereocenters. The highest BCUT2D eigenvalue weighted by molar-refractivity contribution is 6.32. The van der Waals surface area contributed by atoms with Gasteiger partial charge in [0.05, 0.1) is 12.1 Å². The lowest BCUT2D eigenvalue weighted by Gasteiger charge is -2.19. The van der Waals surface area contributed by atoms with Crippen molar-refractivity contribution in [3.63, 3.8) is 0 Å². The zero-order valence-corrected chi connectivity index (χ0v) is 15.9. The van der Waals surface area contributed by atoms with Crippen LogP contribution in [-0.4, -0.2) is 19.6 Å². The molecule has 2 aromatic carbocycles. The van der Waals surface area contributed by atoms with Crippen LogP contribution in [0.1, 0.15) is 32.8 Å². The van der Waals surface area contributed by atoms with E-state index in [1.807, 2.05) is 12.1 Å². The summed E-state index contributed by atoms with van der Waals surface area (Å²) in [6.45, 7) is 7.12. The van der Waals surface area contributed by atoms with Gasteiger partial charge in [-0.1, -0.05) is 44.5 Å². The molecule has 0 saturated carbocycles. The fourth-order valence-electron chi connectivity index (χ4n) is 2.38. The predicted molar refractivity (Wildman–Crippen MR) is 105 cm³/mol. The number of hydrogen-bond donors (Lipinski definition) is 2. The summed E-state index contributed by atoms with van der Waals surface area (Å²) in [6.07, 6.45) is 0.366. The quantitative estimate of drug-likeness (QED) is 0.754. The molecule has 2 aromatic rings. The average Bonchev–Trinajstić information content (AvgIpc) is 2.54. The third kappa shape index (κ3) is 5.68. The first-order valence-electron chi connectivity index (χ1n) is 8.27. The Morgan fingerprint density at radius 2 is 1.72 bits per heavy atom. The van der Waals surface area contributed by atoms with Crippen molar-refractivity contribution in [2.75, 3.05) is 24.3 Å². The van der Waals surface area contributed by atoms with Crippen molar-refractivity contribution in [2.45, 2.75) is 32.6 Å². The summed E-state index contributed by atoms with van der Waals surface area (Å²) in [5.41, 5.74) is 3.09. The third-order valence-electron chi connectivity index (χ3n) is 3.87. The summed E-state index contributed by atoms with van der Waals surface area (Å²) in [6, 6.07) is 13.5. The maximum Gasteiger partial charge on any atom is 0.226 e. The number of anilines is 2. The molecule has 0 saturated heterocycles. The van der Waals surface area contributed by atoms with Gasteiger partial charge in [0.25, 0.3) is 0 Å². The van der Waals surface area contributed by atoms with E-state index >= 15 is 0 Å². The van der Waals surface area contributed by atoms with E-state index in [9.17, 15) is 4.79 Å². The van der Waals surface area contributed by atoms with Crippen LogP contribution in [0.5, 0.6) is 5.75 Å². The molecule has 5 heteroatoms. The number of amides is 1. The molecule has 134 valence electrons. The Balaban J connectivity index is 1.81. The predicted octanol–water partition coefficient (Wildman–Crippen LogP) is 5.09. The number of carbonyl (C=O) groups is 1. The number of ether oxygens (including phenoxy) is 1. The first-order chi connectivity index (χ1) is 11.8. The van der Waals surface area contributed by atoms with Crippen LogP contribution in [0.15, 0.2) is 42.5 Å². The maximum atomic E-state index is 12.0.